The van der Waals surface area contributed by atoms with Crippen LogP contribution in [0.2, 0.25) is 0 Å². The SMILES string of the molecule is [2H]c1c([2H])n2c3ccccc3c3ccnc4c(OC)cc1c2c43. The predicted octanol–water partition coefficient (Wildman–Crippen LogP) is 4.24. The van der Waals surface area contributed by atoms with Gasteiger partial charge < -0.3 is 9.14 Å². The molecule has 0 fully saturated rings. The van der Waals surface area contributed by atoms with Gasteiger partial charge in [-0.15, -0.1) is 0 Å². The highest BCUT2D eigenvalue weighted by molar-refractivity contribution is 6.23. The number of rotatable bonds is 1. The Morgan fingerprint density at radius 3 is 3.00 bits per heavy atom. The van der Waals surface area contributed by atoms with Crippen LogP contribution in [0.5, 0.6) is 5.75 Å². The van der Waals surface area contributed by atoms with Crippen LogP contribution < -0.4 is 4.74 Å². The van der Waals surface area contributed by atoms with Crippen LogP contribution in [0.4, 0.5) is 0 Å². The molecular weight excluding hydrogens is 260 g/mol. The Bertz CT molecular complexity index is 1230. The van der Waals surface area contributed by atoms with Crippen LogP contribution >= 0.6 is 0 Å². The summed E-state index contributed by atoms with van der Waals surface area (Å²) in [5.41, 5.74) is 2.58. The van der Waals surface area contributed by atoms with Crippen molar-refractivity contribution in [1.82, 2.24) is 9.38 Å². The lowest BCUT2D eigenvalue weighted by Crippen LogP contribution is -1.94. The van der Waals surface area contributed by atoms with Gasteiger partial charge in [-0.1, -0.05) is 18.2 Å². The molecule has 5 aromatic rings. The van der Waals surface area contributed by atoms with Gasteiger partial charge in [0.2, 0.25) is 0 Å². The molecule has 3 heterocycles. The van der Waals surface area contributed by atoms with E-state index in [9.17, 15) is 0 Å². The molecule has 0 bridgehead atoms. The van der Waals surface area contributed by atoms with E-state index in [2.05, 4.69) is 4.98 Å². The maximum Gasteiger partial charge on any atom is 0.145 e. The molecule has 0 amide bonds. The molecule has 0 saturated heterocycles. The average molecular weight is 274 g/mol. The third-order valence-electron chi connectivity index (χ3n) is 4.13. The Morgan fingerprint density at radius 2 is 2.10 bits per heavy atom. The quantitative estimate of drug-likeness (QED) is 0.337. The second-order valence-corrected chi connectivity index (χ2v) is 5.15. The normalized spacial score (nSPS) is 13.4. The monoisotopic (exact) mass is 274 g/mol. The van der Waals surface area contributed by atoms with Crippen molar-refractivity contribution in [1.29, 1.82) is 0 Å². The minimum absolute atomic E-state index is 0.191. The standard InChI is InChI=1S/C18H12N2O/c1-21-15-10-11-7-9-20-14-5-3-2-4-12(14)13-6-8-19-17(15)16(13)18(11)20/h2-10H,1H3/i7D,9D. The van der Waals surface area contributed by atoms with E-state index in [-0.39, 0.29) is 12.2 Å². The molecule has 0 aliphatic rings. The second kappa shape index (κ2) is 3.64. The maximum atomic E-state index is 8.40. The topological polar surface area (TPSA) is 26.5 Å². The van der Waals surface area contributed by atoms with Crippen LogP contribution in [0.1, 0.15) is 2.74 Å². The minimum Gasteiger partial charge on any atom is -0.494 e. The van der Waals surface area contributed by atoms with E-state index >= 15 is 0 Å². The van der Waals surface area contributed by atoms with Gasteiger partial charge >= 0.3 is 0 Å². The van der Waals surface area contributed by atoms with Crippen LogP contribution in [0, 0.1) is 0 Å². The highest BCUT2D eigenvalue weighted by atomic mass is 16.5. The number of nitrogens with zero attached hydrogens (tertiary/aromatic N) is 2. The molecule has 0 unspecified atom stereocenters. The van der Waals surface area contributed by atoms with Gasteiger partial charge in [0.25, 0.3) is 0 Å². The van der Waals surface area contributed by atoms with Crippen molar-refractivity contribution in [3.63, 3.8) is 0 Å². The molecular formula is C18H12N2O. The maximum absolute atomic E-state index is 8.40. The van der Waals surface area contributed by atoms with Gasteiger partial charge in [0.1, 0.15) is 11.3 Å². The van der Waals surface area contributed by atoms with E-state index in [1.165, 1.54) is 0 Å². The summed E-state index contributed by atoms with van der Waals surface area (Å²) >= 11 is 0. The highest BCUT2D eigenvalue weighted by Gasteiger charge is 2.16. The summed E-state index contributed by atoms with van der Waals surface area (Å²) in [7, 11) is 1.61. The summed E-state index contributed by atoms with van der Waals surface area (Å²) in [5, 5.41) is 3.79. The summed E-state index contributed by atoms with van der Waals surface area (Å²) in [4.78, 5) is 4.49. The first-order valence-corrected chi connectivity index (χ1v) is 6.79. The number of methoxy groups -OCH3 is 1. The summed E-state index contributed by atoms with van der Waals surface area (Å²) in [5.74, 6) is 0.638. The van der Waals surface area contributed by atoms with Crippen LogP contribution in [0.3, 0.4) is 0 Å². The van der Waals surface area contributed by atoms with E-state index in [0.29, 0.717) is 5.75 Å². The average Bonchev–Trinajstić information content (AvgIpc) is 2.85. The van der Waals surface area contributed by atoms with E-state index in [0.717, 1.165) is 38.1 Å². The second-order valence-electron chi connectivity index (χ2n) is 5.15. The minimum atomic E-state index is 0.191. The molecule has 5 rings (SSSR count). The van der Waals surface area contributed by atoms with Crippen molar-refractivity contribution < 1.29 is 7.48 Å². The van der Waals surface area contributed by atoms with Crippen LogP contribution in [0.25, 0.3) is 38.1 Å². The van der Waals surface area contributed by atoms with E-state index < -0.39 is 0 Å². The van der Waals surface area contributed by atoms with Crippen molar-refractivity contribution in [2.24, 2.45) is 0 Å². The molecule has 3 nitrogen and oxygen atoms in total. The van der Waals surface area contributed by atoms with Crippen molar-refractivity contribution in [3.05, 3.63) is 54.8 Å². The summed E-state index contributed by atoms with van der Waals surface area (Å²) < 4.78 is 24.1. The van der Waals surface area contributed by atoms with Crippen LogP contribution in [-0.4, -0.2) is 16.5 Å². The first-order valence-electron chi connectivity index (χ1n) is 7.79. The number of para-hydroxylation sites is 1. The van der Waals surface area contributed by atoms with E-state index in [4.69, 9.17) is 7.48 Å². The molecule has 0 spiro atoms. The van der Waals surface area contributed by atoms with Gasteiger partial charge in [-0.2, -0.15) is 0 Å². The van der Waals surface area contributed by atoms with Gasteiger partial charge in [0.15, 0.2) is 0 Å². The summed E-state index contributed by atoms with van der Waals surface area (Å²) in [6, 6.07) is 12.0. The summed E-state index contributed by atoms with van der Waals surface area (Å²) in [6.45, 7) is 0. The first-order chi connectivity index (χ1) is 11.2. The predicted molar refractivity (Wildman–Crippen MR) is 85.4 cm³/mol. The zero-order chi connectivity index (χ0) is 15.7. The molecule has 0 N–H and O–H groups in total. The Hall–Kier alpha value is -2.81. The van der Waals surface area contributed by atoms with Crippen molar-refractivity contribution in [2.75, 3.05) is 7.11 Å². The number of fused-ring (bicyclic) bond motifs is 3. The molecule has 0 aliphatic heterocycles. The van der Waals surface area contributed by atoms with E-state index in [1.54, 1.807) is 13.3 Å². The zero-order valence-electron chi connectivity index (χ0n) is 13.3. The van der Waals surface area contributed by atoms with Gasteiger partial charge in [0.05, 0.1) is 20.9 Å². The Labute approximate surface area is 123 Å². The Kier molecular flexibility index (Phi) is 1.59. The fourth-order valence-corrected chi connectivity index (χ4v) is 3.25. The third-order valence-corrected chi connectivity index (χ3v) is 4.13. The van der Waals surface area contributed by atoms with Crippen LogP contribution in [-0.2, 0) is 0 Å². The molecule has 21 heavy (non-hydrogen) atoms. The van der Waals surface area contributed by atoms with Gasteiger partial charge in [0, 0.05) is 28.5 Å². The van der Waals surface area contributed by atoms with Crippen molar-refractivity contribution >= 4 is 38.1 Å². The number of hydrogen-bond donors (Lipinski definition) is 0. The molecule has 3 heteroatoms. The number of benzene rings is 2. The van der Waals surface area contributed by atoms with Gasteiger partial charge in [-0.05, 0) is 29.6 Å². The zero-order valence-corrected chi connectivity index (χ0v) is 11.3. The summed E-state index contributed by atoms with van der Waals surface area (Å²) in [6.07, 6.45) is 1.97. The lowest BCUT2D eigenvalue weighted by molar-refractivity contribution is 0.419. The van der Waals surface area contributed by atoms with Gasteiger partial charge in [-0.25, -0.2) is 0 Å². The first kappa shape index (κ1) is 9.19. The van der Waals surface area contributed by atoms with E-state index in [1.807, 2.05) is 40.8 Å². The van der Waals surface area contributed by atoms with Crippen LogP contribution in [0.15, 0.2) is 54.8 Å². The molecule has 2 aromatic carbocycles. The highest BCUT2D eigenvalue weighted by Crippen LogP contribution is 2.39. The molecule has 0 saturated carbocycles. The molecule has 3 aromatic heterocycles. The number of hydrogen-bond acceptors (Lipinski definition) is 2. The largest absolute Gasteiger partial charge is 0.494 e. The van der Waals surface area contributed by atoms with Gasteiger partial charge in [-0.3, -0.25) is 4.98 Å². The third kappa shape index (κ3) is 1.21. The number of ether oxygens (including phenoxy) is 1. The smallest absolute Gasteiger partial charge is 0.145 e. The number of aromatic nitrogens is 2. The fourth-order valence-electron chi connectivity index (χ4n) is 3.25. The molecule has 0 radical (unpaired) electrons. The lowest BCUT2D eigenvalue weighted by atomic mass is 10.0. The lowest BCUT2D eigenvalue weighted by Gasteiger charge is -2.13. The van der Waals surface area contributed by atoms with Crippen molar-refractivity contribution in [2.45, 2.75) is 0 Å². The molecule has 100 valence electrons. The molecule has 0 aliphatic carbocycles. The van der Waals surface area contributed by atoms with Crippen molar-refractivity contribution in [3.8, 4) is 5.75 Å². The number of pyridine rings is 2. The Balaban J connectivity index is 2.29. The Morgan fingerprint density at radius 1 is 1.19 bits per heavy atom. The molecule has 0 atom stereocenters. The fraction of sp³-hybridized carbons (Fsp3) is 0.0556.